The van der Waals surface area contributed by atoms with Crippen molar-refractivity contribution in [2.24, 2.45) is 0 Å². The van der Waals surface area contributed by atoms with E-state index in [-0.39, 0.29) is 5.91 Å². The van der Waals surface area contributed by atoms with Gasteiger partial charge in [-0.15, -0.1) is 10.2 Å². The number of benzene rings is 2. The number of hydrogen-bond acceptors (Lipinski definition) is 5. The van der Waals surface area contributed by atoms with Crippen molar-refractivity contribution in [1.29, 1.82) is 0 Å². The van der Waals surface area contributed by atoms with Crippen LogP contribution in [0.15, 0.2) is 65.1 Å². The highest BCUT2D eigenvalue weighted by Crippen LogP contribution is 2.18. The van der Waals surface area contributed by atoms with Gasteiger partial charge in [0.25, 0.3) is 5.91 Å². The molecule has 0 fully saturated rings. The molecule has 0 saturated heterocycles. The number of aromatic nitrogens is 2. The predicted octanol–water partition coefficient (Wildman–Crippen LogP) is 4.24. The number of hydrogen-bond donors (Lipinski definition) is 2. The van der Waals surface area contributed by atoms with Crippen molar-refractivity contribution in [1.82, 2.24) is 10.2 Å². The Hall–Kier alpha value is -2.93. The van der Waals surface area contributed by atoms with Gasteiger partial charge in [0, 0.05) is 15.7 Å². The Bertz CT molecular complexity index is 850. The summed E-state index contributed by atoms with van der Waals surface area (Å²) in [6, 6.07) is 18.0. The molecule has 0 atom stereocenters. The number of carbonyl (C=O) groups is 1. The van der Waals surface area contributed by atoms with Crippen molar-refractivity contribution < 1.29 is 9.53 Å². The van der Waals surface area contributed by atoms with Gasteiger partial charge in [-0.05, 0) is 60.7 Å². The maximum Gasteiger partial charge on any atom is 0.256 e. The van der Waals surface area contributed by atoms with Gasteiger partial charge in [0.15, 0.2) is 11.6 Å². The number of anilines is 3. The molecule has 1 heterocycles. The van der Waals surface area contributed by atoms with Crippen LogP contribution in [0.3, 0.4) is 0 Å². The Morgan fingerprint density at radius 3 is 2.16 bits per heavy atom. The molecule has 0 aliphatic heterocycles. The molecular weight excluding hydrogens is 384 g/mol. The molecule has 0 radical (unpaired) electrons. The summed E-state index contributed by atoms with van der Waals surface area (Å²) in [5, 5.41) is 13.9. The quantitative estimate of drug-likeness (QED) is 0.671. The van der Waals surface area contributed by atoms with Crippen LogP contribution in [0.25, 0.3) is 0 Å². The van der Waals surface area contributed by atoms with Gasteiger partial charge in [-0.2, -0.15) is 0 Å². The lowest BCUT2D eigenvalue weighted by molar-refractivity contribution is 0.102. The Labute approximate surface area is 153 Å². The molecule has 7 heteroatoms. The first-order valence-corrected chi connectivity index (χ1v) is 8.25. The largest absolute Gasteiger partial charge is 0.497 e. The summed E-state index contributed by atoms with van der Waals surface area (Å²) in [6.45, 7) is 0. The number of rotatable bonds is 5. The number of nitrogens with zero attached hydrogens (tertiary/aromatic N) is 2. The zero-order valence-electron chi connectivity index (χ0n) is 13.4. The second-order valence-corrected chi connectivity index (χ2v) is 6.03. The minimum absolute atomic E-state index is 0.259. The first kappa shape index (κ1) is 16.9. The third kappa shape index (κ3) is 4.54. The minimum Gasteiger partial charge on any atom is -0.497 e. The van der Waals surface area contributed by atoms with Crippen molar-refractivity contribution in [2.45, 2.75) is 0 Å². The van der Waals surface area contributed by atoms with Gasteiger partial charge in [0.1, 0.15) is 5.75 Å². The fraction of sp³-hybridized carbons (Fsp3) is 0.0556. The van der Waals surface area contributed by atoms with E-state index in [0.29, 0.717) is 22.9 Å². The van der Waals surface area contributed by atoms with Gasteiger partial charge >= 0.3 is 0 Å². The van der Waals surface area contributed by atoms with E-state index in [1.54, 1.807) is 43.5 Å². The van der Waals surface area contributed by atoms with Crippen LogP contribution in [-0.2, 0) is 0 Å². The molecule has 3 aromatic rings. The number of methoxy groups -OCH3 is 1. The number of amides is 1. The van der Waals surface area contributed by atoms with E-state index in [1.165, 1.54) is 0 Å². The Kier molecular flexibility index (Phi) is 5.25. The predicted molar refractivity (Wildman–Crippen MR) is 100 cm³/mol. The summed E-state index contributed by atoms with van der Waals surface area (Å²) in [5.41, 5.74) is 1.41. The third-order valence-electron chi connectivity index (χ3n) is 3.37. The summed E-state index contributed by atoms with van der Waals surface area (Å²) < 4.78 is 6.07. The number of halogens is 1. The first-order valence-electron chi connectivity index (χ1n) is 7.46. The minimum atomic E-state index is -0.259. The molecule has 0 saturated carbocycles. The molecule has 0 unspecified atom stereocenters. The summed E-state index contributed by atoms with van der Waals surface area (Å²) >= 11 is 3.39. The highest BCUT2D eigenvalue weighted by molar-refractivity contribution is 9.10. The van der Waals surface area contributed by atoms with E-state index in [1.807, 2.05) is 24.3 Å². The molecule has 0 aliphatic rings. The van der Waals surface area contributed by atoms with E-state index in [0.717, 1.165) is 10.2 Å². The Balaban J connectivity index is 1.63. The summed E-state index contributed by atoms with van der Waals surface area (Å²) in [7, 11) is 1.58. The Morgan fingerprint density at radius 2 is 1.56 bits per heavy atom. The normalized spacial score (nSPS) is 10.2. The number of nitrogens with one attached hydrogen (secondary N) is 2. The number of carbonyl (C=O) groups excluding carboxylic acids is 1. The smallest absolute Gasteiger partial charge is 0.256 e. The molecule has 2 N–H and O–H groups in total. The monoisotopic (exact) mass is 398 g/mol. The molecule has 1 aromatic heterocycles. The van der Waals surface area contributed by atoms with Crippen LogP contribution >= 0.6 is 15.9 Å². The second-order valence-electron chi connectivity index (χ2n) is 5.12. The standard InChI is InChI=1S/C18H15BrN4O2/c1-25-15-8-2-12(3-9-15)18(24)21-17-11-10-16(22-23-17)20-14-6-4-13(19)5-7-14/h2-11H,1H3,(H,20,22)(H,21,23,24). The van der Waals surface area contributed by atoms with Crippen LogP contribution in [0.5, 0.6) is 5.75 Å². The highest BCUT2D eigenvalue weighted by Gasteiger charge is 2.07. The third-order valence-corrected chi connectivity index (χ3v) is 3.90. The van der Waals surface area contributed by atoms with Crippen LogP contribution in [0.4, 0.5) is 17.3 Å². The van der Waals surface area contributed by atoms with Crippen LogP contribution < -0.4 is 15.4 Å². The van der Waals surface area contributed by atoms with Crippen LogP contribution in [0, 0.1) is 0 Å². The van der Waals surface area contributed by atoms with Crippen molar-refractivity contribution >= 4 is 39.2 Å². The molecule has 1 amide bonds. The SMILES string of the molecule is COc1ccc(C(=O)Nc2ccc(Nc3ccc(Br)cc3)nn2)cc1. The molecule has 2 aromatic carbocycles. The van der Waals surface area contributed by atoms with Crippen molar-refractivity contribution in [3.8, 4) is 5.75 Å². The molecule has 3 rings (SSSR count). The molecule has 6 nitrogen and oxygen atoms in total. The van der Waals surface area contributed by atoms with E-state index in [4.69, 9.17) is 4.74 Å². The van der Waals surface area contributed by atoms with E-state index in [9.17, 15) is 4.79 Å². The topological polar surface area (TPSA) is 76.1 Å². The zero-order valence-corrected chi connectivity index (χ0v) is 14.9. The van der Waals surface area contributed by atoms with E-state index in [2.05, 4.69) is 36.8 Å². The fourth-order valence-corrected chi connectivity index (χ4v) is 2.34. The molecule has 0 bridgehead atoms. The molecule has 0 spiro atoms. The zero-order chi connectivity index (χ0) is 17.6. The average molecular weight is 399 g/mol. The number of ether oxygens (including phenoxy) is 1. The lowest BCUT2D eigenvalue weighted by atomic mass is 10.2. The Morgan fingerprint density at radius 1 is 0.920 bits per heavy atom. The average Bonchev–Trinajstić information content (AvgIpc) is 2.65. The molecule has 25 heavy (non-hydrogen) atoms. The van der Waals surface area contributed by atoms with Crippen molar-refractivity contribution in [2.75, 3.05) is 17.7 Å². The van der Waals surface area contributed by atoms with E-state index >= 15 is 0 Å². The van der Waals surface area contributed by atoms with Crippen LogP contribution in [-0.4, -0.2) is 23.2 Å². The van der Waals surface area contributed by atoms with Gasteiger partial charge in [0.05, 0.1) is 7.11 Å². The highest BCUT2D eigenvalue weighted by atomic mass is 79.9. The molecule has 0 aliphatic carbocycles. The lowest BCUT2D eigenvalue weighted by Crippen LogP contribution is -2.13. The maximum absolute atomic E-state index is 12.2. The molecular formula is C18H15BrN4O2. The van der Waals surface area contributed by atoms with Gasteiger partial charge in [-0.25, -0.2) is 0 Å². The fourth-order valence-electron chi connectivity index (χ4n) is 2.08. The summed E-state index contributed by atoms with van der Waals surface area (Å²) in [4.78, 5) is 12.2. The summed E-state index contributed by atoms with van der Waals surface area (Å²) in [6.07, 6.45) is 0. The maximum atomic E-state index is 12.2. The lowest BCUT2D eigenvalue weighted by Gasteiger charge is -2.07. The van der Waals surface area contributed by atoms with Crippen LogP contribution in [0.2, 0.25) is 0 Å². The van der Waals surface area contributed by atoms with E-state index < -0.39 is 0 Å². The van der Waals surface area contributed by atoms with Gasteiger partial charge in [0.2, 0.25) is 0 Å². The molecule has 126 valence electrons. The van der Waals surface area contributed by atoms with Crippen molar-refractivity contribution in [3.05, 3.63) is 70.7 Å². The summed E-state index contributed by atoms with van der Waals surface area (Å²) in [5.74, 6) is 1.40. The first-order chi connectivity index (χ1) is 12.1. The van der Waals surface area contributed by atoms with Crippen LogP contribution in [0.1, 0.15) is 10.4 Å². The van der Waals surface area contributed by atoms with Gasteiger partial charge in [-0.3, -0.25) is 4.79 Å². The van der Waals surface area contributed by atoms with Gasteiger partial charge in [-0.1, -0.05) is 15.9 Å². The second kappa shape index (κ2) is 7.76. The van der Waals surface area contributed by atoms with Gasteiger partial charge < -0.3 is 15.4 Å². The van der Waals surface area contributed by atoms with Crippen molar-refractivity contribution in [3.63, 3.8) is 0 Å².